The van der Waals surface area contributed by atoms with Gasteiger partial charge in [-0.2, -0.15) is 0 Å². The molecule has 2 aromatic rings. The molecule has 0 radical (unpaired) electrons. The van der Waals surface area contributed by atoms with Crippen molar-refractivity contribution in [2.75, 3.05) is 0 Å². The lowest BCUT2D eigenvalue weighted by atomic mass is 10.0. The van der Waals surface area contributed by atoms with Crippen molar-refractivity contribution in [2.24, 2.45) is 0 Å². The first kappa shape index (κ1) is 15.4. The largest absolute Gasteiger partial charge is 0.508 e. The van der Waals surface area contributed by atoms with Crippen molar-refractivity contribution in [3.05, 3.63) is 65.2 Å². The Balaban J connectivity index is 1.98. The van der Waals surface area contributed by atoms with Crippen LogP contribution in [-0.2, 0) is 6.42 Å². The second kappa shape index (κ2) is 6.68. The maximum Gasteiger partial charge on any atom is 0.131 e. The van der Waals surface area contributed by atoms with Gasteiger partial charge >= 0.3 is 0 Å². The van der Waals surface area contributed by atoms with Crippen molar-refractivity contribution in [3.8, 4) is 5.75 Å². The molecule has 21 heavy (non-hydrogen) atoms. The van der Waals surface area contributed by atoms with Crippen LogP contribution in [0.25, 0.3) is 0 Å². The zero-order valence-corrected chi connectivity index (χ0v) is 12.1. The maximum atomic E-state index is 13.8. The van der Waals surface area contributed by atoms with Gasteiger partial charge in [-0.1, -0.05) is 18.2 Å². The predicted molar refractivity (Wildman–Crippen MR) is 79.2 cm³/mol. The minimum atomic E-state index is -0.427. The van der Waals surface area contributed by atoms with Crippen LogP contribution < -0.4 is 5.32 Å². The molecule has 0 aromatic heterocycles. The Bertz CT molecular complexity index is 598. The Kier molecular flexibility index (Phi) is 4.91. The van der Waals surface area contributed by atoms with E-state index in [1.54, 1.807) is 18.2 Å². The Morgan fingerprint density at radius 2 is 1.71 bits per heavy atom. The number of hydrogen-bond donors (Lipinski definition) is 2. The molecule has 2 N–H and O–H groups in total. The lowest BCUT2D eigenvalue weighted by Crippen LogP contribution is -2.31. The van der Waals surface area contributed by atoms with Crippen LogP contribution in [0.4, 0.5) is 8.78 Å². The average molecular weight is 291 g/mol. The van der Waals surface area contributed by atoms with E-state index in [1.165, 1.54) is 18.2 Å². The van der Waals surface area contributed by atoms with Crippen molar-refractivity contribution < 1.29 is 13.9 Å². The summed E-state index contributed by atoms with van der Waals surface area (Å²) in [5.41, 5.74) is 1.54. The molecule has 0 aliphatic carbocycles. The Labute approximate surface area is 123 Å². The summed E-state index contributed by atoms with van der Waals surface area (Å²) in [6, 6.07) is 10.5. The zero-order chi connectivity index (χ0) is 15.4. The molecule has 2 aromatic carbocycles. The van der Waals surface area contributed by atoms with Gasteiger partial charge in [-0.15, -0.1) is 0 Å². The van der Waals surface area contributed by atoms with Gasteiger partial charge in [0.1, 0.15) is 17.4 Å². The fraction of sp³-hybridized carbons (Fsp3) is 0.294. The quantitative estimate of drug-likeness (QED) is 0.874. The normalized spacial score (nSPS) is 13.9. The van der Waals surface area contributed by atoms with Crippen LogP contribution in [0.2, 0.25) is 0 Å². The van der Waals surface area contributed by atoms with Crippen LogP contribution in [0.3, 0.4) is 0 Å². The monoisotopic (exact) mass is 291 g/mol. The zero-order valence-electron chi connectivity index (χ0n) is 12.1. The van der Waals surface area contributed by atoms with Gasteiger partial charge in [0.2, 0.25) is 0 Å². The van der Waals surface area contributed by atoms with E-state index in [0.29, 0.717) is 5.56 Å². The Morgan fingerprint density at radius 3 is 2.33 bits per heavy atom. The molecule has 2 atom stereocenters. The van der Waals surface area contributed by atoms with E-state index in [2.05, 4.69) is 5.32 Å². The van der Waals surface area contributed by atoms with Gasteiger partial charge in [0.05, 0.1) is 0 Å². The van der Waals surface area contributed by atoms with E-state index in [-0.39, 0.29) is 23.7 Å². The minimum absolute atomic E-state index is 0.0807. The summed E-state index contributed by atoms with van der Waals surface area (Å²) in [7, 11) is 0. The molecule has 0 saturated carbocycles. The lowest BCUT2D eigenvalue weighted by Gasteiger charge is -2.21. The third-order valence-electron chi connectivity index (χ3n) is 3.44. The summed E-state index contributed by atoms with van der Waals surface area (Å²) >= 11 is 0. The van der Waals surface area contributed by atoms with Crippen LogP contribution in [0, 0.1) is 11.6 Å². The number of aromatic hydroxyl groups is 1. The smallest absolute Gasteiger partial charge is 0.131 e. The first-order valence-corrected chi connectivity index (χ1v) is 6.94. The van der Waals surface area contributed by atoms with E-state index in [9.17, 15) is 13.9 Å². The van der Waals surface area contributed by atoms with Gasteiger partial charge in [-0.05, 0) is 44.0 Å². The second-order valence-electron chi connectivity index (χ2n) is 5.33. The van der Waals surface area contributed by atoms with Crippen molar-refractivity contribution in [2.45, 2.75) is 32.4 Å². The lowest BCUT2D eigenvalue weighted by molar-refractivity contribution is 0.448. The molecule has 4 heteroatoms. The van der Waals surface area contributed by atoms with Crippen LogP contribution in [0.5, 0.6) is 5.75 Å². The fourth-order valence-electron chi connectivity index (χ4n) is 2.42. The number of benzene rings is 2. The van der Waals surface area contributed by atoms with Crippen molar-refractivity contribution in [1.29, 1.82) is 0 Å². The summed E-state index contributed by atoms with van der Waals surface area (Å²) in [6.07, 6.45) is 0.727. The first-order valence-electron chi connectivity index (χ1n) is 6.94. The highest BCUT2D eigenvalue weighted by molar-refractivity contribution is 5.29. The van der Waals surface area contributed by atoms with Gasteiger partial charge in [-0.25, -0.2) is 8.78 Å². The fourth-order valence-corrected chi connectivity index (χ4v) is 2.42. The third kappa shape index (κ3) is 4.26. The molecule has 0 aliphatic rings. The van der Waals surface area contributed by atoms with Gasteiger partial charge in [0.15, 0.2) is 0 Å². The molecular weight excluding hydrogens is 272 g/mol. The van der Waals surface area contributed by atoms with E-state index >= 15 is 0 Å². The second-order valence-corrected chi connectivity index (χ2v) is 5.33. The van der Waals surface area contributed by atoms with Crippen molar-refractivity contribution in [3.63, 3.8) is 0 Å². The van der Waals surface area contributed by atoms with Gasteiger partial charge in [0.25, 0.3) is 0 Å². The molecule has 112 valence electrons. The molecule has 2 rings (SSSR count). The molecule has 0 bridgehead atoms. The minimum Gasteiger partial charge on any atom is -0.508 e. The van der Waals surface area contributed by atoms with E-state index in [4.69, 9.17) is 0 Å². The Morgan fingerprint density at radius 1 is 1.05 bits per heavy atom. The summed E-state index contributed by atoms with van der Waals surface area (Å²) in [5.74, 6) is -0.759. The van der Waals surface area contributed by atoms with Crippen LogP contribution >= 0.6 is 0 Å². The first-order chi connectivity index (χ1) is 9.95. The third-order valence-corrected chi connectivity index (χ3v) is 3.44. The predicted octanol–water partition coefficient (Wildman–Crippen LogP) is 3.95. The molecule has 0 fully saturated rings. The highest BCUT2D eigenvalue weighted by atomic mass is 19.1. The highest BCUT2D eigenvalue weighted by Gasteiger charge is 2.14. The Hall–Kier alpha value is -1.94. The van der Waals surface area contributed by atoms with Crippen molar-refractivity contribution in [1.82, 2.24) is 5.32 Å². The number of phenolic OH excluding ortho intramolecular Hbond substituents is 1. The van der Waals surface area contributed by atoms with Crippen molar-refractivity contribution >= 4 is 0 Å². The number of halogens is 2. The van der Waals surface area contributed by atoms with Crippen LogP contribution in [0.15, 0.2) is 42.5 Å². The molecule has 0 spiro atoms. The van der Waals surface area contributed by atoms with E-state index in [0.717, 1.165) is 18.1 Å². The van der Waals surface area contributed by atoms with Crippen LogP contribution in [0.1, 0.15) is 31.0 Å². The van der Waals surface area contributed by atoms with E-state index in [1.807, 2.05) is 13.8 Å². The van der Waals surface area contributed by atoms with E-state index < -0.39 is 5.82 Å². The molecule has 2 unspecified atom stereocenters. The molecule has 0 heterocycles. The van der Waals surface area contributed by atoms with Gasteiger partial charge in [0, 0.05) is 23.7 Å². The topological polar surface area (TPSA) is 32.3 Å². The molecule has 0 saturated heterocycles. The molecule has 0 aliphatic heterocycles. The molecular formula is C17H19F2NO. The van der Waals surface area contributed by atoms with Gasteiger partial charge in [-0.3, -0.25) is 0 Å². The summed E-state index contributed by atoms with van der Waals surface area (Å²) < 4.78 is 26.6. The summed E-state index contributed by atoms with van der Waals surface area (Å²) in [4.78, 5) is 0. The summed E-state index contributed by atoms with van der Waals surface area (Å²) in [5, 5.41) is 12.5. The standard InChI is InChI=1S/C17H19F2NO/c1-11(9-13-3-5-14(18)6-4-13)20-12(2)16-8-7-15(21)10-17(16)19/h3-8,10-12,20-21H,9H2,1-2H3. The van der Waals surface area contributed by atoms with Crippen LogP contribution in [-0.4, -0.2) is 11.1 Å². The number of phenols is 1. The number of rotatable bonds is 5. The summed E-state index contributed by atoms with van der Waals surface area (Å²) in [6.45, 7) is 3.87. The molecule has 0 amide bonds. The maximum absolute atomic E-state index is 13.8. The highest BCUT2D eigenvalue weighted by Crippen LogP contribution is 2.21. The average Bonchev–Trinajstić information content (AvgIpc) is 2.41. The van der Waals surface area contributed by atoms with Gasteiger partial charge < -0.3 is 10.4 Å². The molecule has 2 nitrogen and oxygen atoms in total. The number of nitrogens with one attached hydrogen (secondary N) is 1. The number of hydrogen-bond acceptors (Lipinski definition) is 2. The SMILES string of the molecule is CC(Cc1ccc(F)cc1)NC(C)c1ccc(O)cc1F.